The van der Waals surface area contributed by atoms with Gasteiger partial charge in [-0.2, -0.15) is 0 Å². The summed E-state index contributed by atoms with van der Waals surface area (Å²) in [6.45, 7) is 7.16. The number of rotatable bonds is 4. The van der Waals surface area contributed by atoms with Crippen LogP contribution in [0, 0.1) is 46.3 Å². The summed E-state index contributed by atoms with van der Waals surface area (Å²) in [7, 11) is 0. The van der Waals surface area contributed by atoms with E-state index in [4.69, 9.17) is 5.11 Å². The largest absolute Gasteiger partial charge is 0.481 e. The van der Waals surface area contributed by atoms with Crippen molar-refractivity contribution in [3.63, 3.8) is 0 Å². The highest BCUT2D eigenvalue weighted by atomic mass is 16.4. The SMILES string of the molecule is C[C@H](CCC(=O)O)[C@@H]1CC[C@H]2[C@H]3C[C@H](O)[C@H]4C[C@@H](O)CC[C@]4(C)[C@@H]3CC[C@@]21C. The lowest BCUT2D eigenvalue weighted by Crippen LogP contribution is -2.58. The smallest absolute Gasteiger partial charge is 0.303 e. The molecule has 0 aromatic heterocycles. The van der Waals surface area contributed by atoms with Gasteiger partial charge in [0.25, 0.3) is 0 Å². The number of carbonyl (C=O) groups is 1. The first kappa shape index (κ1) is 20.7. The molecule has 160 valence electrons. The van der Waals surface area contributed by atoms with E-state index in [1.807, 2.05) is 0 Å². The predicted molar refractivity (Wildman–Crippen MR) is 109 cm³/mol. The second kappa shape index (κ2) is 7.27. The summed E-state index contributed by atoms with van der Waals surface area (Å²) < 4.78 is 0. The summed E-state index contributed by atoms with van der Waals surface area (Å²) in [6.07, 6.45) is 9.16. The third-order valence-corrected chi connectivity index (χ3v) is 10.2. The van der Waals surface area contributed by atoms with Crippen molar-refractivity contribution in [1.29, 1.82) is 0 Å². The molecule has 0 heterocycles. The Kier molecular flexibility index (Phi) is 5.36. The first-order valence-corrected chi connectivity index (χ1v) is 11.7. The Labute approximate surface area is 170 Å². The molecule has 0 aromatic rings. The van der Waals surface area contributed by atoms with Gasteiger partial charge >= 0.3 is 5.97 Å². The monoisotopic (exact) mass is 392 g/mol. The Bertz CT molecular complexity index is 605. The van der Waals surface area contributed by atoms with Crippen LogP contribution in [0.5, 0.6) is 0 Å². The van der Waals surface area contributed by atoms with Crippen molar-refractivity contribution in [2.75, 3.05) is 0 Å². The van der Waals surface area contributed by atoms with Crippen LogP contribution in [0.25, 0.3) is 0 Å². The zero-order valence-corrected chi connectivity index (χ0v) is 17.9. The maximum atomic E-state index is 11.1. The highest BCUT2D eigenvalue weighted by molar-refractivity contribution is 5.66. The minimum Gasteiger partial charge on any atom is -0.481 e. The minimum atomic E-state index is -0.677. The zero-order valence-electron chi connectivity index (χ0n) is 17.9. The van der Waals surface area contributed by atoms with Crippen LogP contribution >= 0.6 is 0 Å². The van der Waals surface area contributed by atoms with Crippen LogP contribution < -0.4 is 0 Å². The maximum Gasteiger partial charge on any atom is 0.303 e. The standard InChI is InChI=1S/C24H40O4/c1-14(4-7-22(27)28)17-5-6-18-16-13-21(26)20-12-15(25)8-10-24(20,3)19(16)9-11-23(17,18)2/h14-21,25-26H,4-13H2,1-3H3,(H,27,28)/t14-,15+,16-,17+,18+,19-,20-,21+,23-,24-/m1/s1. The van der Waals surface area contributed by atoms with Gasteiger partial charge < -0.3 is 15.3 Å². The fourth-order valence-electron chi connectivity index (χ4n) is 8.81. The Balaban J connectivity index is 1.55. The van der Waals surface area contributed by atoms with Crippen molar-refractivity contribution < 1.29 is 20.1 Å². The van der Waals surface area contributed by atoms with Gasteiger partial charge in [0, 0.05) is 6.42 Å². The molecule has 0 spiro atoms. The normalized spacial score (nSPS) is 51.7. The maximum absolute atomic E-state index is 11.1. The van der Waals surface area contributed by atoms with E-state index in [0.29, 0.717) is 35.0 Å². The Hall–Kier alpha value is -0.610. The molecule has 3 N–H and O–H groups in total. The van der Waals surface area contributed by atoms with Gasteiger partial charge in [-0.25, -0.2) is 0 Å². The second-order valence-corrected chi connectivity index (χ2v) is 11.4. The van der Waals surface area contributed by atoms with E-state index in [2.05, 4.69) is 20.8 Å². The molecule has 0 radical (unpaired) electrons. The van der Waals surface area contributed by atoms with Crippen LogP contribution in [0.15, 0.2) is 0 Å². The van der Waals surface area contributed by atoms with E-state index in [1.54, 1.807) is 0 Å². The summed E-state index contributed by atoms with van der Waals surface area (Å²) in [5.41, 5.74) is 0.478. The van der Waals surface area contributed by atoms with Gasteiger partial charge in [-0.3, -0.25) is 4.79 Å². The van der Waals surface area contributed by atoms with Crippen molar-refractivity contribution >= 4 is 5.97 Å². The van der Waals surface area contributed by atoms with Crippen LogP contribution in [0.3, 0.4) is 0 Å². The summed E-state index contributed by atoms with van der Waals surface area (Å²) in [5.74, 6) is 2.61. The Morgan fingerprint density at radius 3 is 2.36 bits per heavy atom. The highest BCUT2D eigenvalue weighted by Crippen LogP contribution is 2.68. The summed E-state index contributed by atoms with van der Waals surface area (Å²) in [6, 6.07) is 0. The number of fused-ring (bicyclic) bond motifs is 5. The molecule has 0 aromatic carbocycles. The van der Waals surface area contributed by atoms with Gasteiger partial charge in [-0.1, -0.05) is 20.8 Å². The van der Waals surface area contributed by atoms with Crippen molar-refractivity contribution in [3.05, 3.63) is 0 Å². The van der Waals surface area contributed by atoms with Crippen molar-refractivity contribution in [2.24, 2.45) is 46.3 Å². The molecule has 4 aliphatic rings. The van der Waals surface area contributed by atoms with Gasteiger partial charge in [-0.05, 0) is 104 Å². The predicted octanol–water partition coefficient (Wildman–Crippen LogP) is 4.48. The third-order valence-electron chi connectivity index (χ3n) is 10.2. The minimum absolute atomic E-state index is 0.176. The molecule has 10 atom stereocenters. The van der Waals surface area contributed by atoms with E-state index in [-0.39, 0.29) is 30.0 Å². The first-order valence-electron chi connectivity index (χ1n) is 11.7. The molecular weight excluding hydrogens is 352 g/mol. The van der Waals surface area contributed by atoms with Crippen molar-refractivity contribution in [2.45, 2.75) is 97.2 Å². The molecule has 4 heteroatoms. The third kappa shape index (κ3) is 3.14. The van der Waals surface area contributed by atoms with Crippen molar-refractivity contribution in [1.82, 2.24) is 0 Å². The molecule has 4 rings (SSSR count). The fourth-order valence-corrected chi connectivity index (χ4v) is 8.81. The average molecular weight is 393 g/mol. The van der Waals surface area contributed by atoms with Crippen LogP contribution in [0.2, 0.25) is 0 Å². The molecule has 0 bridgehead atoms. The van der Waals surface area contributed by atoms with Crippen LogP contribution in [0.1, 0.15) is 85.0 Å². The fraction of sp³-hybridized carbons (Fsp3) is 0.958. The second-order valence-electron chi connectivity index (χ2n) is 11.4. The van der Waals surface area contributed by atoms with Crippen LogP contribution in [-0.2, 0) is 4.79 Å². The van der Waals surface area contributed by atoms with E-state index in [1.165, 1.54) is 25.7 Å². The Morgan fingerprint density at radius 2 is 1.64 bits per heavy atom. The highest BCUT2D eigenvalue weighted by Gasteiger charge is 2.62. The molecule has 0 amide bonds. The lowest BCUT2D eigenvalue weighted by atomic mass is 9.44. The first-order chi connectivity index (χ1) is 13.2. The number of aliphatic carboxylic acids is 1. The summed E-state index contributed by atoms with van der Waals surface area (Å²) in [4.78, 5) is 11.1. The number of aliphatic hydroxyl groups excluding tert-OH is 2. The quantitative estimate of drug-likeness (QED) is 0.659. The summed E-state index contributed by atoms with van der Waals surface area (Å²) >= 11 is 0. The van der Waals surface area contributed by atoms with Gasteiger partial charge in [0.15, 0.2) is 0 Å². The van der Waals surface area contributed by atoms with Crippen LogP contribution in [-0.4, -0.2) is 33.5 Å². The van der Waals surface area contributed by atoms with E-state index in [0.717, 1.165) is 32.1 Å². The topological polar surface area (TPSA) is 77.8 Å². The van der Waals surface area contributed by atoms with E-state index >= 15 is 0 Å². The van der Waals surface area contributed by atoms with Gasteiger partial charge in [0.2, 0.25) is 0 Å². The Morgan fingerprint density at radius 1 is 0.964 bits per heavy atom. The van der Waals surface area contributed by atoms with Gasteiger partial charge in [-0.15, -0.1) is 0 Å². The van der Waals surface area contributed by atoms with Gasteiger partial charge in [0.1, 0.15) is 0 Å². The molecule has 4 saturated carbocycles. The van der Waals surface area contributed by atoms with Crippen molar-refractivity contribution in [3.8, 4) is 0 Å². The number of carboxylic acids is 1. The molecule has 4 fully saturated rings. The molecule has 28 heavy (non-hydrogen) atoms. The average Bonchev–Trinajstić information content (AvgIpc) is 2.99. The van der Waals surface area contributed by atoms with Gasteiger partial charge in [0.05, 0.1) is 12.2 Å². The number of hydrogen-bond donors (Lipinski definition) is 3. The number of aliphatic hydroxyl groups is 2. The molecule has 0 unspecified atom stereocenters. The lowest BCUT2D eigenvalue weighted by Gasteiger charge is -2.62. The van der Waals surface area contributed by atoms with E-state index in [9.17, 15) is 15.0 Å². The van der Waals surface area contributed by atoms with Crippen LogP contribution in [0.4, 0.5) is 0 Å². The number of carboxylic acid groups (broad SMARTS) is 1. The molecule has 0 aliphatic heterocycles. The molecule has 4 nitrogen and oxygen atoms in total. The molecular formula is C24H40O4. The van der Waals surface area contributed by atoms with E-state index < -0.39 is 5.97 Å². The molecule has 0 saturated heterocycles. The molecule has 4 aliphatic carbocycles. The zero-order chi connectivity index (χ0) is 20.3. The number of hydrogen-bond acceptors (Lipinski definition) is 3. The summed E-state index contributed by atoms with van der Waals surface area (Å²) in [5, 5.41) is 30.4. The lowest BCUT2D eigenvalue weighted by molar-refractivity contribution is -0.172.